The molecule has 0 aliphatic carbocycles. The number of halogens is 1. The van der Waals surface area contributed by atoms with E-state index in [-0.39, 0.29) is 12.8 Å². The number of carboxylic acids is 1. The van der Waals surface area contributed by atoms with Crippen molar-refractivity contribution in [1.82, 2.24) is 5.43 Å². The largest absolute Gasteiger partial charge is 0.481 e. The van der Waals surface area contributed by atoms with Crippen LogP contribution in [0.2, 0.25) is 5.02 Å². The minimum absolute atomic E-state index is 0.0166. The molecule has 1 amide bonds. The summed E-state index contributed by atoms with van der Waals surface area (Å²) in [7, 11) is 0. The molecule has 6 heteroatoms. The molecular formula is C12H13ClN2O3. The first-order valence-corrected chi connectivity index (χ1v) is 5.68. The first-order chi connectivity index (χ1) is 8.50. The van der Waals surface area contributed by atoms with E-state index >= 15 is 0 Å². The number of carbonyl (C=O) groups is 2. The van der Waals surface area contributed by atoms with E-state index in [9.17, 15) is 9.59 Å². The molecule has 0 saturated carbocycles. The Labute approximate surface area is 109 Å². The van der Waals surface area contributed by atoms with Crippen molar-refractivity contribution < 1.29 is 14.7 Å². The third kappa shape index (κ3) is 4.55. The molecule has 0 bridgehead atoms. The van der Waals surface area contributed by atoms with Crippen molar-refractivity contribution in [3.63, 3.8) is 0 Å². The molecule has 0 heterocycles. The fraction of sp³-hybridized carbons (Fsp3) is 0.250. The lowest BCUT2D eigenvalue weighted by Crippen LogP contribution is -2.19. The summed E-state index contributed by atoms with van der Waals surface area (Å²) in [5.41, 5.74) is 3.20. The number of carboxylic acid groups (broad SMARTS) is 1. The summed E-state index contributed by atoms with van der Waals surface area (Å²) < 4.78 is 0. The van der Waals surface area contributed by atoms with Crippen LogP contribution >= 0.6 is 11.6 Å². The molecule has 96 valence electrons. The van der Waals surface area contributed by atoms with Gasteiger partial charge in [0, 0.05) is 5.71 Å². The number of nitrogens with one attached hydrogen (secondary N) is 1. The SMILES string of the molecule is C/C(CCC(=O)O)=N/NC(=O)c1ccccc1Cl. The maximum atomic E-state index is 11.7. The number of hydrazone groups is 1. The van der Waals surface area contributed by atoms with Crippen molar-refractivity contribution in [2.45, 2.75) is 19.8 Å². The molecule has 0 atom stereocenters. The quantitative estimate of drug-likeness (QED) is 0.635. The summed E-state index contributed by atoms with van der Waals surface area (Å²) in [6.07, 6.45) is 0.273. The second-order valence-electron chi connectivity index (χ2n) is 3.66. The van der Waals surface area contributed by atoms with Gasteiger partial charge in [-0.1, -0.05) is 23.7 Å². The van der Waals surface area contributed by atoms with Gasteiger partial charge < -0.3 is 5.11 Å². The van der Waals surface area contributed by atoms with Crippen LogP contribution in [0.3, 0.4) is 0 Å². The normalized spacial score (nSPS) is 11.1. The first-order valence-electron chi connectivity index (χ1n) is 5.30. The van der Waals surface area contributed by atoms with Gasteiger partial charge in [0.25, 0.3) is 5.91 Å². The van der Waals surface area contributed by atoms with Crippen LogP contribution in [0, 0.1) is 0 Å². The van der Waals surface area contributed by atoms with Crippen molar-refractivity contribution in [3.8, 4) is 0 Å². The fourth-order valence-corrected chi connectivity index (χ4v) is 1.42. The zero-order valence-corrected chi connectivity index (χ0v) is 10.6. The topological polar surface area (TPSA) is 78.8 Å². The lowest BCUT2D eigenvalue weighted by atomic mass is 10.2. The third-order valence-electron chi connectivity index (χ3n) is 2.17. The van der Waals surface area contributed by atoms with E-state index < -0.39 is 11.9 Å². The Bertz CT molecular complexity index is 486. The molecule has 1 rings (SSSR count). The number of rotatable bonds is 5. The van der Waals surface area contributed by atoms with Crippen LogP contribution in [0.15, 0.2) is 29.4 Å². The Balaban J connectivity index is 2.58. The van der Waals surface area contributed by atoms with E-state index in [4.69, 9.17) is 16.7 Å². The predicted molar refractivity (Wildman–Crippen MR) is 68.9 cm³/mol. The maximum absolute atomic E-state index is 11.7. The molecule has 0 aliphatic rings. The van der Waals surface area contributed by atoms with Crippen molar-refractivity contribution >= 4 is 29.2 Å². The van der Waals surface area contributed by atoms with E-state index in [2.05, 4.69) is 10.5 Å². The number of hydrogen-bond donors (Lipinski definition) is 2. The Morgan fingerprint density at radius 2 is 2.00 bits per heavy atom. The van der Waals surface area contributed by atoms with Gasteiger partial charge in [-0.3, -0.25) is 9.59 Å². The summed E-state index contributed by atoms with van der Waals surface area (Å²) in [5, 5.41) is 12.6. The first kappa shape index (κ1) is 14.2. The average Bonchev–Trinajstić information content (AvgIpc) is 2.34. The lowest BCUT2D eigenvalue weighted by Gasteiger charge is -2.03. The number of hydrogen-bond acceptors (Lipinski definition) is 3. The highest BCUT2D eigenvalue weighted by Gasteiger charge is 2.08. The van der Waals surface area contributed by atoms with E-state index in [1.807, 2.05) is 0 Å². The summed E-state index contributed by atoms with van der Waals surface area (Å²) in [6.45, 7) is 1.65. The van der Waals surface area contributed by atoms with Crippen LogP contribution in [-0.2, 0) is 4.79 Å². The summed E-state index contributed by atoms with van der Waals surface area (Å²) in [6, 6.07) is 6.61. The number of aliphatic carboxylic acids is 1. The molecular weight excluding hydrogens is 256 g/mol. The molecule has 5 nitrogen and oxygen atoms in total. The molecule has 1 aromatic carbocycles. The number of amides is 1. The molecule has 2 N–H and O–H groups in total. The van der Waals surface area contributed by atoms with E-state index in [1.165, 1.54) is 0 Å². The smallest absolute Gasteiger partial charge is 0.303 e. The van der Waals surface area contributed by atoms with Gasteiger partial charge in [-0.25, -0.2) is 5.43 Å². The van der Waals surface area contributed by atoms with Gasteiger partial charge in [0.05, 0.1) is 17.0 Å². The number of benzene rings is 1. The van der Waals surface area contributed by atoms with E-state index in [0.717, 1.165) is 0 Å². The monoisotopic (exact) mass is 268 g/mol. The average molecular weight is 269 g/mol. The zero-order valence-electron chi connectivity index (χ0n) is 9.81. The van der Waals surface area contributed by atoms with Gasteiger partial charge in [-0.05, 0) is 25.5 Å². The second-order valence-corrected chi connectivity index (χ2v) is 4.07. The van der Waals surface area contributed by atoms with Gasteiger partial charge in [0.1, 0.15) is 0 Å². The van der Waals surface area contributed by atoms with Gasteiger partial charge >= 0.3 is 5.97 Å². The van der Waals surface area contributed by atoms with Gasteiger partial charge in [0.2, 0.25) is 0 Å². The Kier molecular flexibility index (Phi) is 5.32. The third-order valence-corrected chi connectivity index (χ3v) is 2.50. The van der Waals surface area contributed by atoms with Gasteiger partial charge in [0.15, 0.2) is 0 Å². The Morgan fingerprint density at radius 3 is 2.61 bits per heavy atom. The molecule has 0 aromatic heterocycles. The number of carbonyl (C=O) groups excluding carboxylic acids is 1. The van der Waals surface area contributed by atoms with Crippen molar-refractivity contribution in [2.24, 2.45) is 5.10 Å². The molecule has 0 fully saturated rings. The minimum Gasteiger partial charge on any atom is -0.481 e. The van der Waals surface area contributed by atoms with Gasteiger partial charge in [-0.15, -0.1) is 0 Å². The standard InChI is InChI=1S/C12H13ClN2O3/c1-8(6-7-11(16)17)14-15-12(18)9-4-2-3-5-10(9)13/h2-5H,6-7H2,1H3,(H,15,18)(H,16,17)/b14-8-. The second kappa shape index (κ2) is 6.76. The summed E-state index contributed by atoms with van der Waals surface area (Å²) in [4.78, 5) is 22.0. The minimum atomic E-state index is -0.901. The van der Waals surface area contributed by atoms with Crippen LogP contribution < -0.4 is 5.43 Å². The van der Waals surface area contributed by atoms with E-state index in [1.54, 1.807) is 31.2 Å². The molecule has 0 radical (unpaired) electrons. The van der Waals surface area contributed by atoms with Crippen molar-refractivity contribution in [1.29, 1.82) is 0 Å². The maximum Gasteiger partial charge on any atom is 0.303 e. The molecule has 0 spiro atoms. The highest BCUT2D eigenvalue weighted by atomic mass is 35.5. The van der Waals surface area contributed by atoms with Crippen molar-refractivity contribution in [2.75, 3.05) is 0 Å². The molecule has 1 aromatic rings. The lowest BCUT2D eigenvalue weighted by molar-refractivity contribution is -0.136. The summed E-state index contributed by atoms with van der Waals surface area (Å²) >= 11 is 5.85. The fourth-order valence-electron chi connectivity index (χ4n) is 1.20. The van der Waals surface area contributed by atoms with Crippen molar-refractivity contribution in [3.05, 3.63) is 34.9 Å². The highest BCUT2D eigenvalue weighted by Crippen LogP contribution is 2.14. The predicted octanol–water partition coefficient (Wildman–Crippen LogP) is 2.31. The van der Waals surface area contributed by atoms with Crippen LogP contribution in [-0.4, -0.2) is 22.7 Å². The molecule has 0 aliphatic heterocycles. The Morgan fingerprint density at radius 1 is 1.33 bits per heavy atom. The van der Waals surface area contributed by atoms with E-state index in [0.29, 0.717) is 16.3 Å². The highest BCUT2D eigenvalue weighted by molar-refractivity contribution is 6.33. The summed E-state index contributed by atoms with van der Waals surface area (Å²) in [5.74, 6) is -1.32. The molecule has 0 saturated heterocycles. The number of nitrogens with zero attached hydrogens (tertiary/aromatic N) is 1. The van der Waals surface area contributed by atoms with Gasteiger partial charge in [-0.2, -0.15) is 5.10 Å². The van der Waals surface area contributed by atoms with Crippen LogP contribution in [0.25, 0.3) is 0 Å². The zero-order chi connectivity index (χ0) is 13.5. The molecule has 18 heavy (non-hydrogen) atoms. The van der Waals surface area contributed by atoms with Crippen LogP contribution in [0.5, 0.6) is 0 Å². The van der Waals surface area contributed by atoms with Crippen LogP contribution in [0.4, 0.5) is 0 Å². The molecule has 0 unspecified atom stereocenters. The Hall–Kier alpha value is -1.88. The van der Waals surface area contributed by atoms with Crippen LogP contribution in [0.1, 0.15) is 30.1 Å².